The first-order chi connectivity index (χ1) is 10.4. The van der Waals surface area contributed by atoms with Gasteiger partial charge in [0.25, 0.3) is 0 Å². The molecule has 22 heavy (non-hydrogen) atoms. The van der Waals surface area contributed by atoms with Crippen molar-refractivity contribution >= 4 is 35.0 Å². The predicted molar refractivity (Wildman–Crippen MR) is 84.8 cm³/mol. The molecule has 1 aromatic carbocycles. The SMILES string of the molecule is CCN1CC(C(=O)NCC(O)c2cc(Cl)cc(Cl)c2)CC1=O. The zero-order valence-corrected chi connectivity index (χ0v) is 13.7. The van der Waals surface area contributed by atoms with Crippen molar-refractivity contribution in [3.8, 4) is 0 Å². The van der Waals surface area contributed by atoms with Gasteiger partial charge in [0, 0.05) is 36.1 Å². The van der Waals surface area contributed by atoms with Crippen LogP contribution in [0, 0.1) is 5.92 Å². The molecule has 2 unspecified atom stereocenters. The van der Waals surface area contributed by atoms with Gasteiger partial charge in [0.15, 0.2) is 0 Å². The summed E-state index contributed by atoms with van der Waals surface area (Å²) in [4.78, 5) is 25.3. The summed E-state index contributed by atoms with van der Waals surface area (Å²) in [5.41, 5.74) is 0.537. The Bertz CT molecular complexity index is 560. The molecule has 0 saturated carbocycles. The Balaban J connectivity index is 1.89. The molecule has 1 fully saturated rings. The number of aliphatic hydroxyl groups is 1. The minimum Gasteiger partial charge on any atom is -0.387 e. The minimum absolute atomic E-state index is 0.00942. The number of carbonyl (C=O) groups excluding carboxylic acids is 2. The third-order valence-corrected chi connectivity index (χ3v) is 4.14. The van der Waals surface area contributed by atoms with E-state index in [1.807, 2.05) is 6.92 Å². The Kier molecular flexibility index (Phi) is 5.67. The lowest BCUT2D eigenvalue weighted by atomic mass is 10.1. The van der Waals surface area contributed by atoms with Crippen molar-refractivity contribution in [3.63, 3.8) is 0 Å². The number of hydrogen-bond acceptors (Lipinski definition) is 3. The van der Waals surface area contributed by atoms with Crippen LogP contribution < -0.4 is 5.32 Å². The summed E-state index contributed by atoms with van der Waals surface area (Å²) in [7, 11) is 0. The fourth-order valence-corrected chi connectivity index (χ4v) is 3.02. The van der Waals surface area contributed by atoms with Crippen LogP contribution in [0.2, 0.25) is 10.0 Å². The monoisotopic (exact) mass is 344 g/mol. The van der Waals surface area contributed by atoms with Crippen LogP contribution in [0.1, 0.15) is 25.0 Å². The highest BCUT2D eigenvalue weighted by molar-refractivity contribution is 6.34. The molecule has 0 aromatic heterocycles. The van der Waals surface area contributed by atoms with Gasteiger partial charge in [0.1, 0.15) is 0 Å². The van der Waals surface area contributed by atoms with E-state index in [0.29, 0.717) is 28.7 Å². The van der Waals surface area contributed by atoms with E-state index in [1.54, 1.807) is 23.1 Å². The number of hydrogen-bond donors (Lipinski definition) is 2. The van der Waals surface area contributed by atoms with Crippen LogP contribution in [-0.2, 0) is 9.59 Å². The van der Waals surface area contributed by atoms with Crippen molar-refractivity contribution < 1.29 is 14.7 Å². The Morgan fingerprint density at radius 3 is 2.59 bits per heavy atom. The standard InChI is InChI=1S/C15H18Cl2N2O3/c1-2-19-8-10(5-14(19)21)15(22)18-7-13(20)9-3-11(16)6-12(17)4-9/h3-4,6,10,13,20H,2,5,7-8H2,1H3,(H,18,22). The zero-order valence-electron chi connectivity index (χ0n) is 12.2. The normalized spacial score (nSPS) is 19.4. The van der Waals surface area contributed by atoms with Gasteiger partial charge in [-0.25, -0.2) is 0 Å². The van der Waals surface area contributed by atoms with Gasteiger partial charge in [-0.05, 0) is 30.7 Å². The van der Waals surface area contributed by atoms with Crippen molar-refractivity contribution in [2.75, 3.05) is 19.6 Å². The molecule has 7 heteroatoms. The number of amides is 2. The molecule has 2 N–H and O–H groups in total. The highest BCUT2D eigenvalue weighted by Gasteiger charge is 2.33. The first-order valence-corrected chi connectivity index (χ1v) is 7.85. The lowest BCUT2D eigenvalue weighted by Crippen LogP contribution is -2.35. The molecule has 0 aliphatic carbocycles. The van der Waals surface area contributed by atoms with Crippen LogP contribution in [0.4, 0.5) is 0 Å². The summed E-state index contributed by atoms with van der Waals surface area (Å²) >= 11 is 11.8. The van der Waals surface area contributed by atoms with Gasteiger partial charge in [-0.3, -0.25) is 9.59 Å². The number of nitrogens with zero attached hydrogens (tertiary/aromatic N) is 1. The predicted octanol–water partition coefficient (Wildman–Crippen LogP) is 2.01. The van der Waals surface area contributed by atoms with Crippen LogP contribution in [0.3, 0.4) is 0 Å². The summed E-state index contributed by atoms with van der Waals surface area (Å²) < 4.78 is 0. The molecule has 0 radical (unpaired) electrons. The number of aliphatic hydroxyl groups excluding tert-OH is 1. The first kappa shape index (κ1) is 17.1. The number of likely N-dealkylation sites (tertiary alicyclic amines) is 1. The van der Waals surface area contributed by atoms with E-state index in [2.05, 4.69) is 5.32 Å². The van der Waals surface area contributed by atoms with Crippen molar-refractivity contribution in [1.82, 2.24) is 10.2 Å². The van der Waals surface area contributed by atoms with E-state index >= 15 is 0 Å². The van der Waals surface area contributed by atoms with E-state index in [-0.39, 0.29) is 30.7 Å². The number of nitrogens with one attached hydrogen (secondary N) is 1. The second-order valence-corrected chi connectivity index (χ2v) is 6.17. The van der Waals surface area contributed by atoms with Crippen LogP contribution in [0.15, 0.2) is 18.2 Å². The van der Waals surface area contributed by atoms with Crippen molar-refractivity contribution in [2.45, 2.75) is 19.4 Å². The first-order valence-electron chi connectivity index (χ1n) is 7.10. The smallest absolute Gasteiger partial charge is 0.225 e. The quantitative estimate of drug-likeness (QED) is 0.858. The summed E-state index contributed by atoms with van der Waals surface area (Å²) in [6.07, 6.45) is -0.682. The van der Waals surface area contributed by atoms with Crippen LogP contribution in [0.25, 0.3) is 0 Å². The molecular formula is C15H18Cl2N2O3. The van der Waals surface area contributed by atoms with E-state index in [4.69, 9.17) is 23.2 Å². The topological polar surface area (TPSA) is 69.6 Å². The average Bonchev–Trinajstić information content (AvgIpc) is 2.84. The molecule has 5 nitrogen and oxygen atoms in total. The molecular weight excluding hydrogens is 327 g/mol. The Hall–Kier alpha value is -1.30. The maximum absolute atomic E-state index is 12.1. The third-order valence-electron chi connectivity index (χ3n) is 3.71. The average molecular weight is 345 g/mol. The number of rotatable bonds is 5. The minimum atomic E-state index is -0.903. The molecule has 1 saturated heterocycles. The number of halogens is 2. The van der Waals surface area contributed by atoms with E-state index in [0.717, 1.165) is 0 Å². The largest absolute Gasteiger partial charge is 0.387 e. The number of benzene rings is 1. The van der Waals surface area contributed by atoms with Gasteiger partial charge >= 0.3 is 0 Å². The summed E-state index contributed by atoms with van der Waals surface area (Å²) in [6, 6.07) is 4.77. The van der Waals surface area contributed by atoms with Gasteiger partial charge in [0.05, 0.1) is 12.0 Å². The lowest BCUT2D eigenvalue weighted by Gasteiger charge is -2.16. The molecule has 0 spiro atoms. The second-order valence-electron chi connectivity index (χ2n) is 5.30. The Labute approximate surface area is 139 Å². The lowest BCUT2D eigenvalue weighted by molar-refractivity contribution is -0.129. The van der Waals surface area contributed by atoms with Gasteiger partial charge in [-0.15, -0.1) is 0 Å². The molecule has 1 aliphatic heterocycles. The Morgan fingerprint density at radius 2 is 2.05 bits per heavy atom. The van der Waals surface area contributed by atoms with Crippen LogP contribution in [-0.4, -0.2) is 41.5 Å². The summed E-state index contributed by atoms with van der Waals surface area (Å²) in [5, 5.41) is 13.6. The molecule has 1 heterocycles. The molecule has 0 bridgehead atoms. The molecule has 1 aliphatic rings. The van der Waals surface area contributed by atoms with Gasteiger partial charge in [-0.1, -0.05) is 23.2 Å². The molecule has 120 valence electrons. The maximum atomic E-state index is 12.1. The summed E-state index contributed by atoms with van der Waals surface area (Å²) in [6.45, 7) is 2.96. The van der Waals surface area contributed by atoms with Crippen molar-refractivity contribution in [2.24, 2.45) is 5.92 Å². The van der Waals surface area contributed by atoms with Gasteiger partial charge in [-0.2, -0.15) is 0 Å². The molecule has 1 aromatic rings. The van der Waals surface area contributed by atoms with Crippen molar-refractivity contribution in [1.29, 1.82) is 0 Å². The maximum Gasteiger partial charge on any atom is 0.225 e. The van der Waals surface area contributed by atoms with Gasteiger partial charge < -0.3 is 15.3 Å². The van der Waals surface area contributed by atoms with E-state index < -0.39 is 6.10 Å². The second kappa shape index (κ2) is 7.31. The third kappa shape index (κ3) is 4.12. The zero-order chi connectivity index (χ0) is 16.3. The fourth-order valence-electron chi connectivity index (χ4n) is 2.48. The molecule has 2 rings (SSSR count). The summed E-state index contributed by atoms with van der Waals surface area (Å²) in [5.74, 6) is -0.594. The molecule has 2 atom stereocenters. The molecule has 2 amide bonds. The highest BCUT2D eigenvalue weighted by Crippen LogP contribution is 2.23. The van der Waals surface area contributed by atoms with E-state index in [1.165, 1.54) is 0 Å². The Morgan fingerprint density at radius 1 is 1.41 bits per heavy atom. The van der Waals surface area contributed by atoms with Crippen LogP contribution >= 0.6 is 23.2 Å². The van der Waals surface area contributed by atoms with Crippen molar-refractivity contribution in [3.05, 3.63) is 33.8 Å². The van der Waals surface area contributed by atoms with Crippen LogP contribution in [0.5, 0.6) is 0 Å². The van der Waals surface area contributed by atoms with E-state index in [9.17, 15) is 14.7 Å². The highest BCUT2D eigenvalue weighted by atomic mass is 35.5. The fraction of sp³-hybridized carbons (Fsp3) is 0.467. The van der Waals surface area contributed by atoms with Gasteiger partial charge in [0.2, 0.25) is 11.8 Å². The number of carbonyl (C=O) groups is 2.